The van der Waals surface area contributed by atoms with Crippen LogP contribution in [-0.4, -0.2) is 33.5 Å². The van der Waals surface area contributed by atoms with Gasteiger partial charge in [-0.15, -0.1) is 0 Å². The van der Waals surface area contributed by atoms with Crippen molar-refractivity contribution in [3.05, 3.63) is 211 Å². The van der Waals surface area contributed by atoms with E-state index in [4.69, 9.17) is 15.0 Å². The summed E-state index contributed by atoms with van der Waals surface area (Å²) in [6, 6.07) is 68.1. The molecular formula is C53H33N7O. The third kappa shape index (κ3) is 5.65. The smallest absolute Gasteiger partial charge is 0.282 e. The van der Waals surface area contributed by atoms with Crippen molar-refractivity contribution in [3.63, 3.8) is 0 Å². The zero-order valence-electron chi connectivity index (χ0n) is 32.6. The Labute approximate surface area is 349 Å². The molecular weight excluding hydrogens is 751 g/mol. The van der Waals surface area contributed by atoms with Gasteiger partial charge in [0.2, 0.25) is 5.78 Å². The Morgan fingerprint density at radius 3 is 1.54 bits per heavy atom. The Balaban J connectivity index is 1.02. The van der Waals surface area contributed by atoms with E-state index in [0.717, 1.165) is 77.5 Å². The highest BCUT2D eigenvalue weighted by molar-refractivity contribution is 6.10. The van der Waals surface area contributed by atoms with Gasteiger partial charge in [0, 0.05) is 38.8 Å². The molecule has 0 N–H and O–H groups in total. The minimum Gasteiger partial charge on any atom is -0.309 e. The summed E-state index contributed by atoms with van der Waals surface area (Å²) < 4.78 is 6.50. The molecule has 0 fully saturated rings. The van der Waals surface area contributed by atoms with Crippen molar-refractivity contribution in [2.45, 2.75) is 0 Å². The highest BCUT2D eigenvalue weighted by atomic mass is 16.1. The maximum Gasteiger partial charge on any atom is 0.282 e. The van der Waals surface area contributed by atoms with E-state index in [0.29, 0.717) is 28.6 Å². The number of aromatic nitrogens is 7. The van der Waals surface area contributed by atoms with Crippen molar-refractivity contribution in [2.24, 2.45) is 0 Å². The van der Waals surface area contributed by atoms with Crippen LogP contribution in [0.5, 0.6) is 0 Å². The normalized spacial score (nSPS) is 11.7. The van der Waals surface area contributed by atoms with Crippen LogP contribution in [0.4, 0.5) is 0 Å². The highest BCUT2D eigenvalue weighted by Crippen LogP contribution is 2.37. The van der Waals surface area contributed by atoms with E-state index in [2.05, 4.69) is 103 Å². The Morgan fingerprint density at radius 2 is 0.836 bits per heavy atom. The average molecular weight is 784 g/mol. The Kier molecular flexibility index (Phi) is 7.83. The molecule has 0 amide bonds. The number of fused-ring (bicyclic) bond motifs is 8. The molecule has 0 bridgehead atoms. The minimum atomic E-state index is -0.245. The standard InChI is InChI=1S/C53H33N7O/c61-52-42-24-11-13-26-45(42)60-48-33-37(28-30-47(48)59(53(60)57-52)39-20-8-3-9-21-39)36-27-29-46-43(32-36)41-23-10-12-25-44(41)58(46)40-22-14-19-38(31-40)51-55-49(34-15-4-1-5-16-34)54-50(56-51)35-17-6-2-7-18-35/h1-33H. The molecule has 8 aromatic carbocycles. The van der Waals surface area contributed by atoms with Crippen LogP contribution in [0, 0.1) is 0 Å². The number of imidazole rings is 1. The minimum absolute atomic E-state index is 0.245. The predicted molar refractivity (Wildman–Crippen MR) is 245 cm³/mol. The molecule has 61 heavy (non-hydrogen) atoms. The van der Waals surface area contributed by atoms with E-state index in [1.807, 2.05) is 115 Å². The van der Waals surface area contributed by atoms with Crippen LogP contribution in [0.2, 0.25) is 0 Å². The van der Waals surface area contributed by atoms with Crippen molar-refractivity contribution in [3.8, 4) is 56.7 Å². The summed E-state index contributed by atoms with van der Waals surface area (Å²) in [6.07, 6.45) is 0. The average Bonchev–Trinajstić information content (AvgIpc) is 3.84. The first-order valence-corrected chi connectivity index (χ1v) is 20.2. The summed E-state index contributed by atoms with van der Waals surface area (Å²) in [4.78, 5) is 32.9. The van der Waals surface area contributed by atoms with Gasteiger partial charge in [0.15, 0.2) is 17.5 Å². The summed E-state index contributed by atoms with van der Waals surface area (Å²) in [5.74, 6) is 2.43. The van der Waals surface area contributed by atoms with Crippen molar-refractivity contribution in [1.82, 2.24) is 33.5 Å². The molecule has 0 saturated carbocycles. The number of nitrogens with zero attached hydrogens (tertiary/aromatic N) is 7. The Morgan fingerprint density at radius 1 is 0.311 bits per heavy atom. The molecule has 12 aromatic rings. The van der Waals surface area contributed by atoms with Gasteiger partial charge < -0.3 is 4.57 Å². The largest absolute Gasteiger partial charge is 0.309 e. The molecule has 0 aliphatic heterocycles. The predicted octanol–water partition coefficient (Wildman–Crippen LogP) is 11.7. The van der Waals surface area contributed by atoms with Crippen LogP contribution < -0.4 is 5.56 Å². The highest BCUT2D eigenvalue weighted by Gasteiger charge is 2.20. The van der Waals surface area contributed by atoms with Crippen LogP contribution in [0.1, 0.15) is 0 Å². The molecule has 0 saturated heterocycles. The summed E-state index contributed by atoms with van der Waals surface area (Å²) in [6.45, 7) is 0. The second-order valence-electron chi connectivity index (χ2n) is 15.1. The summed E-state index contributed by atoms with van der Waals surface area (Å²) in [5, 5.41) is 2.87. The molecule has 4 heterocycles. The first kappa shape index (κ1) is 34.5. The molecule has 12 rings (SSSR count). The Hall–Kier alpha value is -8.49. The molecule has 0 radical (unpaired) electrons. The fourth-order valence-electron chi connectivity index (χ4n) is 8.71. The van der Waals surface area contributed by atoms with Crippen molar-refractivity contribution in [1.29, 1.82) is 0 Å². The molecule has 4 aromatic heterocycles. The van der Waals surface area contributed by atoms with Crippen molar-refractivity contribution >= 4 is 49.5 Å². The number of hydrogen-bond acceptors (Lipinski definition) is 5. The van der Waals surface area contributed by atoms with Crippen molar-refractivity contribution < 1.29 is 0 Å². The molecule has 0 aliphatic carbocycles. The third-order valence-corrected chi connectivity index (χ3v) is 11.5. The number of para-hydroxylation sites is 3. The van der Waals surface area contributed by atoms with Gasteiger partial charge in [-0.05, 0) is 77.9 Å². The molecule has 0 spiro atoms. The van der Waals surface area contributed by atoms with Crippen LogP contribution >= 0.6 is 0 Å². The van der Waals surface area contributed by atoms with Gasteiger partial charge in [-0.3, -0.25) is 13.8 Å². The lowest BCUT2D eigenvalue weighted by atomic mass is 10.0. The van der Waals surface area contributed by atoms with Gasteiger partial charge >= 0.3 is 0 Å². The maximum atomic E-state index is 13.4. The molecule has 0 unspecified atom stereocenters. The fourth-order valence-corrected chi connectivity index (χ4v) is 8.71. The molecule has 0 atom stereocenters. The second-order valence-corrected chi connectivity index (χ2v) is 15.1. The van der Waals surface area contributed by atoms with E-state index >= 15 is 0 Å². The SMILES string of the molecule is O=c1nc2n(-c3ccccc3)c3ccc(-c4ccc5c(c4)c4ccccc4n5-c4cccc(-c5nc(-c6ccccc6)nc(-c6ccccc6)n5)c4)cc3n2c2ccccc12. The van der Waals surface area contributed by atoms with E-state index in [-0.39, 0.29) is 5.56 Å². The van der Waals surface area contributed by atoms with Crippen LogP contribution in [0.3, 0.4) is 0 Å². The summed E-state index contributed by atoms with van der Waals surface area (Å²) in [7, 11) is 0. The zero-order chi connectivity index (χ0) is 40.4. The van der Waals surface area contributed by atoms with Crippen LogP contribution in [-0.2, 0) is 0 Å². The fraction of sp³-hybridized carbons (Fsp3) is 0. The van der Waals surface area contributed by atoms with Gasteiger partial charge in [0.1, 0.15) is 0 Å². The van der Waals surface area contributed by atoms with E-state index in [9.17, 15) is 4.79 Å². The van der Waals surface area contributed by atoms with Crippen molar-refractivity contribution in [2.75, 3.05) is 0 Å². The van der Waals surface area contributed by atoms with Gasteiger partial charge in [-0.2, -0.15) is 4.98 Å². The van der Waals surface area contributed by atoms with Gasteiger partial charge in [-0.1, -0.05) is 133 Å². The molecule has 0 aliphatic rings. The topological polar surface area (TPSA) is 82.9 Å². The number of hydrogen-bond donors (Lipinski definition) is 0. The molecule has 286 valence electrons. The van der Waals surface area contributed by atoms with E-state index in [1.54, 1.807) is 0 Å². The lowest BCUT2D eigenvalue weighted by Crippen LogP contribution is -2.11. The quantitative estimate of drug-likeness (QED) is 0.168. The van der Waals surface area contributed by atoms with Gasteiger partial charge in [0.05, 0.1) is 33.0 Å². The zero-order valence-corrected chi connectivity index (χ0v) is 32.6. The van der Waals surface area contributed by atoms with Crippen LogP contribution in [0.25, 0.3) is 106 Å². The van der Waals surface area contributed by atoms with E-state index < -0.39 is 0 Å². The summed E-state index contributed by atoms with van der Waals surface area (Å²) >= 11 is 0. The lowest BCUT2D eigenvalue weighted by molar-refractivity contribution is 1.06. The number of rotatable bonds is 6. The van der Waals surface area contributed by atoms with Crippen LogP contribution in [0.15, 0.2) is 205 Å². The maximum absolute atomic E-state index is 13.4. The monoisotopic (exact) mass is 783 g/mol. The molecule has 8 nitrogen and oxygen atoms in total. The van der Waals surface area contributed by atoms with E-state index in [1.165, 1.54) is 0 Å². The van der Waals surface area contributed by atoms with Gasteiger partial charge in [0.25, 0.3) is 5.56 Å². The lowest BCUT2D eigenvalue weighted by Gasteiger charge is -2.12. The second kappa shape index (κ2) is 13.8. The third-order valence-electron chi connectivity index (χ3n) is 11.5. The first-order chi connectivity index (χ1) is 30.2. The number of benzene rings is 8. The first-order valence-electron chi connectivity index (χ1n) is 20.2. The Bertz CT molecular complexity index is 3660. The van der Waals surface area contributed by atoms with Gasteiger partial charge in [-0.25, -0.2) is 15.0 Å². The molecule has 8 heteroatoms. The summed E-state index contributed by atoms with van der Waals surface area (Å²) in [5.41, 5.74) is 11.5.